The molecule has 82 valence electrons. The SMILES string of the molecule is Cc1cc(OC[C@@H]2CCCN2)cnc1Cl. The first-order valence-electron chi connectivity index (χ1n) is 5.24. The van der Waals surface area contributed by atoms with Gasteiger partial charge in [-0.1, -0.05) is 11.6 Å². The van der Waals surface area contributed by atoms with Crippen LogP contribution in [0.5, 0.6) is 5.75 Å². The fourth-order valence-electron chi connectivity index (χ4n) is 1.71. The van der Waals surface area contributed by atoms with Gasteiger partial charge in [0.1, 0.15) is 17.5 Å². The van der Waals surface area contributed by atoms with Crippen molar-refractivity contribution in [3.8, 4) is 5.75 Å². The number of rotatable bonds is 3. The molecule has 0 spiro atoms. The van der Waals surface area contributed by atoms with Crippen LogP contribution in [0.2, 0.25) is 5.15 Å². The van der Waals surface area contributed by atoms with Crippen LogP contribution in [-0.2, 0) is 0 Å². The first kappa shape index (κ1) is 10.7. The van der Waals surface area contributed by atoms with E-state index in [1.165, 1.54) is 12.8 Å². The maximum atomic E-state index is 5.83. The summed E-state index contributed by atoms with van der Waals surface area (Å²) < 4.78 is 5.64. The van der Waals surface area contributed by atoms with Crippen molar-refractivity contribution >= 4 is 11.6 Å². The van der Waals surface area contributed by atoms with Crippen molar-refractivity contribution in [2.24, 2.45) is 0 Å². The average molecular weight is 227 g/mol. The molecule has 1 N–H and O–H groups in total. The molecule has 2 rings (SSSR count). The van der Waals surface area contributed by atoms with Crippen LogP contribution < -0.4 is 10.1 Å². The summed E-state index contributed by atoms with van der Waals surface area (Å²) in [4.78, 5) is 4.04. The van der Waals surface area contributed by atoms with Crippen LogP contribution in [0.15, 0.2) is 12.3 Å². The fraction of sp³-hybridized carbons (Fsp3) is 0.545. The van der Waals surface area contributed by atoms with Crippen molar-refractivity contribution in [3.05, 3.63) is 23.0 Å². The molecule has 0 bridgehead atoms. The number of aryl methyl sites for hydroxylation is 1. The normalized spacial score (nSPS) is 20.5. The highest BCUT2D eigenvalue weighted by atomic mass is 35.5. The minimum Gasteiger partial charge on any atom is -0.490 e. The van der Waals surface area contributed by atoms with Crippen LogP contribution in [0.3, 0.4) is 0 Å². The zero-order valence-electron chi connectivity index (χ0n) is 8.79. The molecule has 1 aliphatic rings. The molecular formula is C11H15ClN2O. The first-order valence-corrected chi connectivity index (χ1v) is 5.62. The van der Waals surface area contributed by atoms with Gasteiger partial charge < -0.3 is 10.1 Å². The van der Waals surface area contributed by atoms with E-state index in [0.717, 1.165) is 17.9 Å². The van der Waals surface area contributed by atoms with Gasteiger partial charge in [0.25, 0.3) is 0 Å². The molecule has 1 fully saturated rings. The van der Waals surface area contributed by atoms with E-state index in [0.29, 0.717) is 17.8 Å². The summed E-state index contributed by atoms with van der Waals surface area (Å²) in [6, 6.07) is 2.41. The molecule has 1 atom stereocenters. The van der Waals surface area contributed by atoms with Crippen LogP contribution in [0, 0.1) is 6.92 Å². The summed E-state index contributed by atoms with van der Waals surface area (Å²) in [6.07, 6.45) is 4.11. The van der Waals surface area contributed by atoms with Crippen molar-refractivity contribution in [2.45, 2.75) is 25.8 Å². The van der Waals surface area contributed by atoms with E-state index >= 15 is 0 Å². The number of nitrogens with one attached hydrogen (secondary N) is 1. The number of ether oxygens (including phenoxy) is 1. The molecule has 0 aliphatic carbocycles. The quantitative estimate of drug-likeness (QED) is 0.803. The smallest absolute Gasteiger partial charge is 0.138 e. The van der Waals surface area contributed by atoms with Gasteiger partial charge in [-0.3, -0.25) is 0 Å². The number of hydrogen-bond donors (Lipinski definition) is 1. The molecule has 1 aliphatic heterocycles. The second-order valence-corrected chi connectivity index (χ2v) is 4.24. The molecule has 0 saturated carbocycles. The van der Waals surface area contributed by atoms with Crippen LogP contribution in [-0.4, -0.2) is 24.2 Å². The topological polar surface area (TPSA) is 34.1 Å². The fourth-order valence-corrected chi connectivity index (χ4v) is 1.81. The monoisotopic (exact) mass is 226 g/mol. The second-order valence-electron chi connectivity index (χ2n) is 3.88. The highest BCUT2D eigenvalue weighted by molar-refractivity contribution is 6.30. The van der Waals surface area contributed by atoms with E-state index in [4.69, 9.17) is 16.3 Å². The van der Waals surface area contributed by atoms with Crippen LogP contribution in [0.1, 0.15) is 18.4 Å². The molecule has 2 heterocycles. The highest BCUT2D eigenvalue weighted by Gasteiger charge is 2.14. The molecule has 1 saturated heterocycles. The lowest BCUT2D eigenvalue weighted by atomic mass is 10.2. The predicted octanol–water partition coefficient (Wildman–Crippen LogP) is 2.17. The number of pyridine rings is 1. The third-order valence-electron chi connectivity index (χ3n) is 2.60. The minimum absolute atomic E-state index is 0.487. The Labute approximate surface area is 94.8 Å². The Balaban J connectivity index is 1.90. The van der Waals surface area contributed by atoms with Crippen molar-refractivity contribution in [3.63, 3.8) is 0 Å². The Bertz CT molecular complexity index is 337. The lowest BCUT2D eigenvalue weighted by Gasteiger charge is -2.12. The molecule has 0 radical (unpaired) electrons. The highest BCUT2D eigenvalue weighted by Crippen LogP contribution is 2.18. The lowest BCUT2D eigenvalue weighted by Crippen LogP contribution is -2.28. The first-order chi connectivity index (χ1) is 7.25. The number of halogens is 1. The van der Waals surface area contributed by atoms with Crippen LogP contribution in [0.4, 0.5) is 0 Å². The van der Waals surface area contributed by atoms with Gasteiger partial charge in [-0.05, 0) is 37.9 Å². The van der Waals surface area contributed by atoms with Crippen LogP contribution >= 0.6 is 11.6 Å². The molecule has 0 amide bonds. The average Bonchev–Trinajstić information content (AvgIpc) is 2.73. The Morgan fingerprint density at radius 1 is 1.67 bits per heavy atom. The summed E-state index contributed by atoms with van der Waals surface area (Å²) in [5.41, 5.74) is 0.952. The predicted molar refractivity (Wildman–Crippen MR) is 60.5 cm³/mol. The number of hydrogen-bond acceptors (Lipinski definition) is 3. The van der Waals surface area contributed by atoms with Crippen LogP contribution in [0.25, 0.3) is 0 Å². The molecule has 3 nitrogen and oxygen atoms in total. The molecular weight excluding hydrogens is 212 g/mol. The molecule has 1 aromatic heterocycles. The van der Waals surface area contributed by atoms with Gasteiger partial charge in [-0.2, -0.15) is 0 Å². The lowest BCUT2D eigenvalue weighted by molar-refractivity contribution is 0.276. The Hall–Kier alpha value is -0.800. The molecule has 4 heteroatoms. The zero-order chi connectivity index (χ0) is 10.7. The molecule has 0 unspecified atom stereocenters. The summed E-state index contributed by atoms with van der Waals surface area (Å²) in [5, 5.41) is 3.92. The Morgan fingerprint density at radius 2 is 2.53 bits per heavy atom. The Kier molecular flexibility index (Phi) is 3.44. The van der Waals surface area contributed by atoms with Crippen molar-refractivity contribution < 1.29 is 4.74 Å². The van der Waals surface area contributed by atoms with Gasteiger partial charge in [0.2, 0.25) is 0 Å². The van der Waals surface area contributed by atoms with E-state index in [-0.39, 0.29) is 0 Å². The molecule has 0 aromatic carbocycles. The third kappa shape index (κ3) is 2.83. The van der Waals surface area contributed by atoms with Gasteiger partial charge in [0, 0.05) is 6.04 Å². The van der Waals surface area contributed by atoms with E-state index in [1.54, 1.807) is 6.20 Å². The summed E-state index contributed by atoms with van der Waals surface area (Å²) in [7, 11) is 0. The maximum Gasteiger partial charge on any atom is 0.138 e. The maximum absolute atomic E-state index is 5.83. The molecule has 1 aromatic rings. The van der Waals surface area contributed by atoms with Gasteiger partial charge in [0.15, 0.2) is 0 Å². The third-order valence-corrected chi connectivity index (χ3v) is 3.00. The second kappa shape index (κ2) is 4.81. The van der Waals surface area contributed by atoms with Crippen molar-refractivity contribution in [2.75, 3.05) is 13.2 Å². The van der Waals surface area contributed by atoms with Crippen molar-refractivity contribution in [1.82, 2.24) is 10.3 Å². The van der Waals surface area contributed by atoms with Gasteiger partial charge in [-0.25, -0.2) is 4.98 Å². The summed E-state index contributed by atoms with van der Waals surface area (Å²) in [6.45, 7) is 3.74. The standard InChI is InChI=1S/C11H15ClN2O/c1-8-5-10(6-14-11(8)12)15-7-9-3-2-4-13-9/h5-6,9,13H,2-4,7H2,1H3/t9-/m0/s1. The van der Waals surface area contributed by atoms with Crippen molar-refractivity contribution in [1.29, 1.82) is 0 Å². The van der Waals surface area contributed by atoms with E-state index in [2.05, 4.69) is 10.3 Å². The van der Waals surface area contributed by atoms with E-state index < -0.39 is 0 Å². The van der Waals surface area contributed by atoms with Gasteiger partial charge in [0.05, 0.1) is 6.20 Å². The largest absolute Gasteiger partial charge is 0.490 e. The zero-order valence-corrected chi connectivity index (χ0v) is 9.55. The minimum atomic E-state index is 0.487. The van der Waals surface area contributed by atoms with Gasteiger partial charge >= 0.3 is 0 Å². The van der Waals surface area contributed by atoms with E-state index in [9.17, 15) is 0 Å². The number of aromatic nitrogens is 1. The van der Waals surface area contributed by atoms with Gasteiger partial charge in [-0.15, -0.1) is 0 Å². The Morgan fingerprint density at radius 3 is 3.20 bits per heavy atom. The number of nitrogens with zero attached hydrogens (tertiary/aromatic N) is 1. The summed E-state index contributed by atoms with van der Waals surface area (Å²) in [5.74, 6) is 0.797. The van der Waals surface area contributed by atoms with E-state index in [1.807, 2.05) is 13.0 Å². The summed E-state index contributed by atoms with van der Waals surface area (Å²) >= 11 is 5.83. The molecule has 15 heavy (non-hydrogen) atoms.